The largest absolute Gasteiger partial charge is 0.573 e. The molecule has 3 rings (SSSR count). The Balaban J connectivity index is 2.15. The number of primary amides is 1. The van der Waals surface area contributed by atoms with Crippen LogP contribution < -0.4 is 19.9 Å². The van der Waals surface area contributed by atoms with Crippen LogP contribution in [0.5, 0.6) is 23.0 Å². The van der Waals surface area contributed by atoms with Crippen LogP contribution in [0.4, 0.5) is 22.4 Å². The number of hydroxylamine groups is 2. The van der Waals surface area contributed by atoms with Crippen LogP contribution >= 0.6 is 0 Å². The van der Waals surface area contributed by atoms with Crippen molar-refractivity contribution in [2.75, 3.05) is 14.2 Å². The quantitative estimate of drug-likeness (QED) is 0.431. The van der Waals surface area contributed by atoms with Gasteiger partial charge in [0.1, 0.15) is 23.3 Å². The highest BCUT2D eigenvalue weighted by Crippen LogP contribution is 2.42. The van der Waals surface area contributed by atoms with Gasteiger partial charge in [-0.05, 0) is 12.1 Å². The molecule has 0 saturated carbocycles. The zero-order chi connectivity index (χ0) is 23.6. The number of carbonyl (C=O) groups excluding carboxylic acids is 2. The van der Waals surface area contributed by atoms with Crippen LogP contribution in [0.1, 0.15) is 10.4 Å². The van der Waals surface area contributed by atoms with E-state index >= 15 is 0 Å². The Kier molecular flexibility index (Phi) is 6.11. The van der Waals surface area contributed by atoms with Crippen molar-refractivity contribution in [3.8, 4) is 23.0 Å². The number of fused-ring (bicyclic) bond motifs is 1. The molecule has 0 atom stereocenters. The van der Waals surface area contributed by atoms with Crippen molar-refractivity contribution in [3.05, 3.63) is 48.0 Å². The summed E-state index contributed by atoms with van der Waals surface area (Å²) >= 11 is 0. The second-order valence-electron chi connectivity index (χ2n) is 5.98. The molecule has 0 unspecified atom stereocenters. The number of hydrogen-bond acceptors (Lipinski definition) is 7. The molecule has 0 saturated heterocycles. The van der Waals surface area contributed by atoms with E-state index in [-0.39, 0.29) is 33.3 Å². The molecule has 3 aromatic rings. The van der Waals surface area contributed by atoms with E-state index in [1.54, 1.807) is 0 Å². The highest BCUT2D eigenvalue weighted by molar-refractivity contribution is 6.05. The standard InChI is InChI=1S/C19H14F4N2O7/c1-28-14-6-9(17(26)25(29-2)18(24)27)13(32-19(21,22)23)7-15(14)31-12-5-3-4-11-16(12)10(20)8-30-11/h3-8H,1-2H3,(H2,24,27). The first-order chi connectivity index (χ1) is 15.1. The summed E-state index contributed by atoms with van der Waals surface area (Å²) in [5.41, 5.74) is 4.34. The second-order valence-corrected chi connectivity index (χ2v) is 5.98. The lowest BCUT2D eigenvalue weighted by atomic mass is 10.1. The zero-order valence-corrected chi connectivity index (χ0v) is 16.4. The summed E-state index contributed by atoms with van der Waals surface area (Å²) in [6, 6.07) is 4.36. The molecule has 2 aromatic carbocycles. The van der Waals surface area contributed by atoms with Crippen molar-refractivity contribution in [1.29, 1.82) is 0 Å². The number of hydrogen-bond donors (Lipinski definition) is 1. The number of nitrogens with two attached hydrogens (primary N) is 1. The van der Waals surface area contributed by atoms with E-state index in [0.717, 1.165) is 26.5 Å². The van der Waals surface area contributed by atoms with Gasteiger partial charge in [-0.2, -0.15) is 0 Å². The Hall–Kier alpha value is -4.00. The number of methoxy groups -OCH3 is 1. The van der Waals surface area contributed by atoms with Crippen LogP contribution in [0, 0.1) is 5.82 Å². The molecular weight excluding hydrogens is 444 g/mol. The minimum Gasteiger partial charge on any atom is -0.493 e. The van der Waals surface area contributed by atoms with Crippen LogP contribution in [-0.4, -0.2) is 37.6 Å². The Morgan fingerprint density at radius 1 is 1.06 bits per heavy atom. The molecule has 0 aliphatic heterocycles. The second kappa shape index (κ2) is 8.63. The lowest BCUT2D eigenvalue weighted by Gasteiger charge is -2.20. The van der Waals surface area contributed by atoms with Crippen LogP contribution in [0.15, 0.2) is 41.0 Å². The highest BCUT2D eigenvalue weighted by atomic mass is 19.4. The fourth-order valence-electron chi connectivity index (χ4n) is 2.76. The van der Waals surface area contributed by atoms with Crippen LogP contribution in [0.3, 0.4) is 0 Å². The molecule has 0 aliphatic rings. The summed E-state index contributed by atoms with van der Waals surface area (Å²) in [5.74, 6) is -3.91. The average Bonchev–Trinajstić information content (AvgIpc) is 3.09. The Morgan fingerprint density at radius 3 is 2.38 bits per heavy atom. The zero-order valence-electron chi connectivity index (χ0n) is 16.4. The Labute approximate surface area is 176 Å². The number of nitrogens with zero attached hydrogens (tertiary/aromatic N) is 1. The number of carbonyl (C=O) groups is 2. The van der Waals surface area contributed by atoms with Crippen molar-refractivity contribution in [2.45, 2.75) is 6.36 Å². The Morgan fingerprint density at radius 2 is 1.78 bits per heavy atom. The molecular formula is C19H14F4N2O7. The van der Waals surface area contributed by atoms with E-state index in [4.69, 9.17) is 19.6 Å². The molecule has 32 heavy (non-hydrogen) atoms. The van der Waals surface area contributed by atoms with E-state index in [9.17, 15) is 27.2 Å². The molecule has 1 heterocycles. The normalized spacial score (nSPS) is 11.3. The number of urea groups is 1. The summed E-state index contributed by atoms with van der Waals surface area (Å²) in [5, 5.41) is -0.0626. The first-order valence-corrected chi connectivity index (χ1v) is 8.55. The summed E-state index contributed by atoms with van der Waals surface area (Å²) < 4.78 is 72.6. The number of amides is 3. The predicted octanol–water partition coefficient (Wildman–Crippen LogP) is 4.35. The molecule has 13 heteroatoms. The number of alkyl halides is 3. The van der Waals surface area contributed by atoms with Gasteiger partial charge in [0.2, 0.25) is 0 Å². The Bertz CT molecular complexity index is 1180. The van der Waals surface area contributed by atoms with Gasteiger partial charge in [-0.25, -0.2) is 9.18 Å². The number of imide groups is 1. The first-order valence-electron chi connectivity index (χ1n) is 8.55. The van der Waals surface area contributed by atoms with Gasteiger partial charge in [-0.1, -0.05) is 6.07 Å². The lowest BCUT2D eigenvalue weighted by molar-refractivity contribution is -0.274. The van der Waals surface area contributed by atoms with Crippen molar-refractivity contribution >= 4 is 22.9 Å². The van der Waals surface area contributed by atoms with Crippen LogP contribution in [0.2, 0.25) is 0 Å². The number of halogens is 4. The summed E-state index contributed by atoms with van der Waals surface area (Å²) in [7, 11) is 2.05. The number of ether oxygens (including phenoxy) is 3. The molecule has 0 bridgehead atoms. The van der Waals surface area contributed by atoms with Crippen molar-refractivity contribution < 1.29 is 50.6 Å². The van der Waals surface area contributed by atoms with Gasteiger partial charge in [0, 0.05) is 12.1 Å². The van der Waals surface area contributed by atoms with Crippen molar-refractivity contribution in [2.24, 2.45) is 5.73 Å². The van der Waals surface area contributed by atoms with Gasteiger partial charge < -0.3 is 24.4 Å². The molecule has 0 radical (unpaired) electrons. The maximum Gasteiger partial charge on any atom is 0.573 e. The minimum absolute atomic E-state index is 0.0140. The van der Waals surface area contributed by atoms with Gasteiger partial charge in [0.15, 0.2) is 17.3 Å². The SMILES string of the molecule is COc1cc(C(=O)N(OC)C(N)=O)c(OC(F)(F)F)cc1Oc1cccc2occ(F)c12. The fraction of sp³-hybridized carbons (Fsp3) is 0.158. The average molecular weight is 458 g/mol. The maximum absolute atomic E-state index is 14.1. The molecule has 3 amide bonds. The van der Waals surface area contributed by atoms with E-state index in [2.05, 4.69) is 9.57 Å². The topological polar surface area (TPSA) is 113 Å². The van der Waals surface area contributed by atoms with Crippen LogP contribution in [0.25, 0.3) is 11.0 Å². The molecule has 170 valence electrons. The molecule has 1 aromatic heterocycles. The molecule has 2 N–H and O–H groups in total. The third-order valence-electron chi connectivity index (χ3n) is 4.03. The number of rotatable bonds is 6. The van der Waals surface area contributed by atoms with Gasteiger partial charge in [-0.3, -0.25) is 9.63 Å². The third-order valence-corrected chi connectivity index (χ3v) is 4.03. The maximum atomic E-state index is 14.1. The predicted molar refractivity (Wildman–Crippen MR) is 98.7 cm³/mol. The van der Waals surface area contributed by atoms with Gasteiger partial charge in [-0.15, -0.1) is 18.2 Å². The summed E-state index contributed by atoms with van der Waals surface area (Å²) in [6.45, 7) is 0. The molecule has 9 nitrogen and oxygen atoms in total. The van der Waals surface area contributed by atoms with Gasteiger partial charge in [0.05, 0.1) is 25.2 Å². The molecule has 0 aliphatic carbocycles. The van der Waals surface area contributed by atoms with E-state index in [0.29, 0.717) is 6.07 Å². The molecule has 0 fully saturated rings. The van der Waals surface area contributed by atoms with E-state index in [1.807, 2.05) is 0 Å². The summed E-state index contributed by atoms with van der Waals surface area (Å²) in [4.78, 5) is 28.4. The van der Waals surface area contributed by atoms with Gasteiger partial charge in [0.25, 0.3) is 5.91 Å². The first kappa shape index (κ1) is 22.7. The van der Waals surface area contributed by atoms with Crippen LogP contribution in [-0.2, 0) is 4.84 Å². The summed E-state index contributed by atoms with van der Waals surface area (Å²) in [6.07, 6.45) is -4.39. The number of furan rings is 1. The number of benzene rings is 2. The fourth-order valence-corrected chi connectivity index (χ4v) is 2.76. The monoisotopic (exact) mass is 458 g/mol. The highest BCUT2D eigenvalue weighted by Gasteiger charge is 2.35. The van der Waals surface area contributed by atoms with Crippen molar-refractivity contribution in [1.82, 2.24) is 5.06 Å². The molecule has 0 spiro atoms. The minimum atomic E-state index is -5.22. The lowest BCUT2D eigenvalue weighted by Crippen LogP contribution is -2.40. The van der Waals surface area contributed by atoms with E-state index in [1.165, 1.54) is 18.2 Å². The third kappa shape index (κ3) is 4.51. The van der Waals surface area contributed by atoms with Gasteiger partial charge >= 0.3 is 12.4 Å². The van der Waals surface area contributed by atoms with E-state index < -0.39 is 35.4 Å². The van der Waals surface area contributed by atoms with Crippen molar-refractivity contribution in [3.63, 3.8) is 0 Å². The smallest absolute Gasteiger partial charge is 0.493 e.